The van der Waals surface area contributed by atoms with Gasteiger partial charge in [0.2, 0.25) is 0 Å². The average Bonchev–Trinajstić information content (AvgIpc) is 3.27. The monoisotopic (exact) mass is 384 g/mol. The lowest BCUT2D eigenvalue weighted by molar-refractivity contribution is -0.143. The molecule has 0 fully saturated rings. The van der Waals surface area contributed by atoms with E-state index in [0.29, 0.717) is 34.5 Å². The Bertz CT molecular complexity index is 1070. The summed E-state index contributed by atoms with van der Waals surface area (Å²) in [4.78, 5) is 23.7. The number of carbonyl (C=O) groups is 2. The van der Waals surface area contributed by atoms with Gasteiger partial charge in [-0.15, -0.1) is 0 Å². The predicted octanol–water partition coefficient (Wildman–Crippen LogP) is 3.89. The van der Waals surface area contributed by atoms with E-state index in [4.69, 9.17) is 18.6 Å². The number of hydrogen-bond acceptors (Lipinski definition) is 6. The van der Waals surface area contributed by atoms with Gasteiger partial charge in [-0.2, -0.15) is 0 Å². The highest BCUT2D eigenvalue weighted by molar-refractivity contribution is 6.10. The number of fused-ring (bicyclic) bond motifs is 3. The fourth-order valence-electron chi connectivity index (χ4n) is 3.41. The number of rotatable bonds is 4. The van der Waals surface area contributed by atoms with E-state index in [1.807, 2.05) is 0 Å². The summed E-state index contributed by atoms with van der Waals surface area (Å²) in [7, 11) is 1.29. The molecule has 0 saturated carbocycles. The van der Waals surface area contributed by atoms with Crippen LogP contribution in [0.1, 0.15) is 22.8 Å². The van der Waals surface area contributed by atoms with Crippen molar-refractivity contribution in [2.24, 2.45) is 0 Å². The zero-order valence-corrected chi connectivity index (χ0v) is 15.3. The quantitative estimate of drug-likeness (QED) is 0.636. The van der Waals surface area contributed by atoms with E-state index < -0.39 is 5.97 Å². The maximum atomic E-state index is 13.3. The van der Waals surface area contributed by atoms with Crippen LogP contribution in [0.4, 0.5) is 4.39 Å². The van der Waals surface area contributed by atoms with Crippen LogP contribution in [0.2, 0.25) is 0 Å². The maximum absolute atomic E-state index is 13.3. The molecule has 4 rings (SSSR count). The second kappa shape index (κ2) is 6.99. The lowest BCUT2D eigenvalue weighted by atomic mass is 9.99. The van der Waals surface area contributed by atoms with E-state index in [0.717, 1.165) is 5.56 Å². The molecular formula is C21H17FO6. The number of esters is 2. The third-order valence-corrected chi connectivity index (χ3v) is 4.61. The standard InChI is InChI=1S/C21H17FO6/c1-11(23)26-10-14-9-15-16(27-14)7-8-17-18(15)19(21(24)25-2)20(28-17)12-3-5-13(22)6-4-12/h3-8,14H,9-10H2,1-2H3. The predicted molar refractivity (Wildman–Crippen MR) is 97.7 cm³/mol. The third-order valence-electron chi connectivity index (χ3n) is 4.61. The fraction of sp³-hybridized carbons (Fsp3) is 0.238. The zero-order chi connectivity index (χ0) is 19.8. The first kappa shape index (κ1) is 18.0. The summed E-state index contributed by atoms with van der Waals surface area (Å²) in [6.45, 7) is 1.45. The Hall–Kier alpha value is -3.35. The molecule has 2 aromatic carbocycles. The Morgan fingerprint density at radius 2 is 1.93 bits per heavy atom. The molecule has 0 radical (unpaired) electrons. The molecule has 1 aliphatic heterocycles. The molecule has 0 bridgehead atoms. The van der Waals surface area contributed by atoms with Gasteiger partial charge in [-0.3, -0.25) is 4.79 Å². The highest BCUT2D eigenvalue weighted by atomic mass is 19.1. The summed E-state index contributed by atoms with van der Waals surface area (Å²) < 4.78 is 35.1. The number of ether oxygens (including phenoxy) is 3. The third kappa shape index (κ3) is 3.09. The maximum Gasteiger partial charge on any atom is 0.342 e. The normalized spacial score (nSPS) is 15.2. The minimum Gasteiger partial charge on any atom is -0.486 e. The van der Waals surface area contributed by atoms with Crippen molar-refractivity contribution in [3.8, 4) is 17.1 Å². The van der Waals surface area contributed by atoms with Crippen LogP contribution in [0.25, 0.3) is 22.3 Å². The topological polar surface area (TPSA) is 75.0 Å². The molecule has 28 heavy (non-hydrogen) atoms. The number of halogens is 1. The number of methoxy groups -OCH3 is 1. The number of furan rings is 1. The van der Waals surface area contributed by atoms with Crippen molar-refractivity contribution in [2.45, 2.75) is 19.4 Å². The highest BCUT2D eigenvalue weighted by Gasteiger charge is 2.32. The van der Waals surface area contributed by atoms with Gasteiger partial charge in [0.05, 0.1) is 7.11 Å². The highest BCUT2D eigenvalue weighted by Crippen LogP contribution is 2.42. The number of hydrogen-bond donors (Lipinski definition) is 0. The van der Waals surface area contributed by atoms with Crippen molar-refractivity contribution < 1.29 is 32.6 Å². The van der Waals surface area contributed by atoms with Crippen LogP contribution in [0.15, 0.2) is 40.8 Å². The molecule has 6 nitrogen and oxygen atoms in total. The summed E-state index contributed by atoms with van der Waals surface area (Å²) in [6.07, 6.45) is 0.103. The van der Waals surface area contributed by atoms with Crippen LogP contribution < -0.4 is 4.74 Å². The molecule has 0 amide bonds. The van der Waals surface area contributed by atoms with Crippen LogP contribution in [0.3, 0.4) is 0 Å². The summed E-state index contributed by atoms with van der Waals surface area (Å²) in [5.74, 6) is -0.432. The molecule has 0 spiro atoms. The minimum absolute atomic E-state index is 0.113. The summed E-state index contributed by atoms with van der Waals surface area (Å²) in [6, 6.07) is 9.14. The fourth-order valence-corrected chi connectivity index (χ4v) is 3.41. The van der Waals surface area contributed by atoms with E-state index >= 15 is 0 Å². The van der Waals surface area contributed by atoms with Crippen LogP contribution in [0, 0.1) is 5.82 Å². The smallest absolute Gasteiger partial charge is 0.342 e. The van der Waals surface area contributed by atoms with Crippen molar-refractivity contribution in [1.82, 2.24) is 0 Å². The van der Waals surface area contributed by atoms with E-state index in [1.54, 1.807) is 24.3 Å². The van der Waals surface area contributed by atoms with Crippen LogP contribution in [0.5, 0.6) is 5.75 Å². The lowest BCUT2D eigenvalue weighted by Crippen LogP contribution is -2.21. The number of benzene rings is 2. The molecule has 2 heterocycles. The van der Waals surface area contributed by atoms with Gasteiger partial charge in [-0.1, -0.05) is 0 Å². The minimum atomic E-state index is -0.560. The number of carbonyl (C=O) groups excluding carboxylic acids is 2. The van der Waals surface area contributed by atoms with Crippen molar-refractivity contribution >= 4 is 22.9 Å². The van der Waals surface area contributed by atoms with Gasteiger partial charge in [0.25, 0.3) is 0 Å². The van der Waals surface area contributed by atoms with Crippen molar-refractivity contribution in [3.05, 3.63) is 53.3 Å². The van der Waals surface area contributed by atoms with Crippen LogP contribution >= 0.6 is 0 Å². The molecule has 0 saturated heterocycles. The van der Waals surface area contributed by atoms with E-state index in [2.05, 4.69) is 0 Å². The van der Waals surface area contributed by atoms with Crippen molar-refractivity contribution in [3.63, 3.8) is 0 Å². The van der Waals surface area contributed by atoms with Gasteiger partial charge in [0.15, 0.2) is 0 Å². The zero-order valence-electron chi connectivity index (χ0n) is 15.3. The van der Waals surface area contributed by atoms with E-state index in [1.165, 1.54) is 26.2 Å². The molecule has 1 atom stereocenters. The molecule has 0 N–H and O–H groups in total. The first-order valence-electron chi connectivity index (χ1n) is 8.70. The molecule has 0 aliphatic carbocycles. The Kier molecular flexibility index (Phi) is 4.50. The molecule has 144 valence electrons. The lowest BCUT2D eigenvalue weighted by Gasteiger charge is -2.09. The van der Waals surface area contributed by atoms with Gasteiger partial charge in [0, 0.05) is 29.9 Å². The largest absolute Gasteiger partial charge is 0.486 e. The molecule has 7 heteroatoms. The van der Waals surface area contributed by atoms with Crippen molar-refractivity contribution in [2.75, 3.05) is 13.7 Å². The van der Waals surface area contributed by atoms with Gasteiger partial charge < -0.3 is 18.6 Å². The first-order chi connectivity index (χ1) is 13.5. The molecule has 1 aliphatic rings. The Morgan fingerprint density at radius 1 is 1.18 bits per heavy atom. The van der Waals surface area contributed by atoms with Gasteiger partial charge in [-0.05, 0) is 36.4 Å². The summed E-state index contributed by atoms with van der Waals surface area (Å²) in [5.41, 5.74) is 2.10. The second-order valence-corrected chi connectivity index (χ2v) is 6.47. The molecule has 1 aromatic heterocycles. The molecule has 3 aromatic rings. The second-order valence-electron chi connectivity index (χ2n) is 6.47. The Morgan fingerprint density at radius 3 is 2.61 bits per heavy atom. The Labute approximate surface area is 159 Å². The van der Waals surface area contributed by atoms with E-state index in [-0.39, 0.29) is 30.1 Å². The Balaban J connectivity index is 1.84. The van der Waals surface area contributed by atoms with E-state index in [9.17, 15) is 14.0 Å². The van der Waals surface area contributed by atoms with Gasteiger partial charge in [-0.25, -0.2) is 9.18 Å². The first-order valence-corrected chi connectivity index (χ1v) is 8.70. The average molecular weight is 384 g/mol. The summed E-state index contributed by atoms with van der Waals surface area (Å²) >= 11 is 0. The van der Waals surface area contributed by atoms with Gasteiger partial charge >= 0.3 is 11.9 Å². The van der Waals surface area contributed by atoms with Gasteiger partial charge in [0.1, 0.15) is 41.2 Å². The van der Waals surface area contributed by atoms with Crippen molar-refractivity contribution in [1.29, 1.82) is 0 Å². The van der Waals surface area contributed by atoms with Crippen LogP contribution in [-0.2, 0) is 20.7 Å². The van der Waals surface area contributed by atoms with Crippen LogP contribution in [-0.4, -0.2) is 31.8 Å². The summed E-state index contributed by atoms with van der Waals surface area (Å²) in [5, 5.41) is 0.592. The molecule has 1 unspecified atom stereocenters. The molecular weight excluding hydrogens is 367 g/mol. The SMILES string of the molecule is COC(=O)c1c(-c2ccc(F)cc2)oc2ccc3c(c12)CC(COC(C)=O)O3.